The molecule has 0 atom stereocenters. The van der Waals surface area contributed by atoms with Crippen LogP contribution in [0.2, 0.25) is 0 Å². The summed E-state index contributed by atoms with van der Waals surface area (Å²) in [6.45, 7) is 2.94. The fourth-order valence-corrected chi connectivity index (χ4v) is 7.13. The summed E-state index contributed by atoms with van der Waals surface area (Å²) in [6, 6.07) is 3.31. The fourth-order valence-electron chi connectivity index (χ4n) is 5.76. The van der Waals surface area contributed by atoms with Crippen molar-refractivity contribution in [3.05, 3.63) is 29.8 Å². The van der Waals surface area contributed by atoms with Gasteiger partial charge in [0.15, 0.2) is 0 Å². The van der Waals surface area contributed by atoms with Crippen LogP contribution < -0.4 is 10.0 Å². The van der Waals surface area contributed by atoms with Gasteiger partial charge in [-0.1, -0.05) is 0 Å². The Bertz CT molecular complexity index is 898. The highest BCUT2D eigenvalue weighted by molar-refractivity contribution is 7.89. The third-order valence-corrected chi connectivity index (χ3v) is 8.65. The lowest BCUT2D eigenvalue weighted by Gasteiger charge is -2.54. The average molecular weight is 445 g/mol. The molecule has 1 amide bonds. The van der Waals surface area contributed by atoms with Gasteiger partial charge in [0, 0.05) is 6.04 Å². The van der Waals surface area contributed by atoms with Gasteiger partial charge in [0.25, 0.3) is 0 Å². The smallest absolute Gasteiger partial charge is 0.351 e. The number of sulfonamides is 1. The van der Waals surface area contributed by atoms with Crippen molar-refractivity contribution < 1.29 is 26.4 Å². The lowest BCUT2D eigenvalue weighted by molar-refractivity contribution is -0.137. The molecule has 4 bridgehead atoms. The van der Waals surface area contributed by atoms with Gasteiger partial charge in [-0.15, -0.1) is 0 Å². The number of nitrogens with one attached hydrogen (secondary N) is 2. The Labute approximate surface area is 174 Å². The van der Waals surface area contributed by atoms with E-state index >= 15 is 0 Å². The predicted octanol–water partition coefficient (Wildman–Crippen LogP) is 3.70. The maximum Gasteiger partial charge on any atom is 0.416 e. The van der Waals surface area contributed by atoms with Crippen molar-refractivity contribution in [2.24, 2.45) is 23.7 Å². The molecule has 0 unspecified atom stereocenters. The zero-order valence-corrected chi connectivity index (χ0v) is 17.8. The summed E-state index contributed by atoms with van der Waals surface area (Å²) in [7, 11) is -4.16. The first-order valence-electron chi connectivity index (χ1n) is 10.4. The van der Waals surface area contributed by atoms with Crippen molar-refractivity contribution in [3.63, 3.8) is 0 Å². The molecular weight excluding hydrogens is 417 g/mol. The normalized spacial score (nSPS) is 31.0. The van der Waals surface area contributed by atoms with E-state index in [0.717, 1.165) is 61.8 Å². The summed E-state index contributed by atoms with van der Waals surface area (Å²) >= 11 is 0. The van der Waals surface area contributed by atoms with Crippen molar-refractivity contribution in [2.75, 3.05) is 0 Å². The molecule has 30 heavy (non-hydrogen) atoms. The van der Waals surface area contributed by atoms with E-state index in [9.17, 15) is 26.4 Å². The topological polar surface area (TPSA) is 75.3 Å². The minimum Gasteiger partial charge on any atom is -0.351 e. The molecular formula is C21H27F3N2O3S. The lowest BCUT2D eigenvalue weighted by Crippen LogP contribution is -2.62. The molecule has 166 valence electrons. The SMILES string of the molecule is CC(C)(NS(=O)(=O)c1ccc(C(F)(F)F)cc1)C(=O)NC1C2CC3CC(C2)CC1C3. The van der Waals surface area contributed by atoms with Gasteiger partial charge in [-0.25, -0.2) is 8.42 Å². The van der Waals surface area contributed by atoms with E-state index in [2.05, 4.69) is 10.0 Å². The highest BCUT2D eigenvalue weighted by Gasteiger charge is 2.49. The van der Waals surface area contributed by atoms with E-state index in [-0.39, 0.29) is 10.9 Å². The third-order valence-electron chi connectivity index (χ3n) is 6.97. The summed E-state index contributed by atoms with van der Waals surface area (Å²) in [5.41, 5.74) is -2.36. The van der Waals surface area contributed by atoms with Crippen LogP contribution in [-0.4, -0.2) is 25.9 Å². The van der Waals surface area contributed by atoms with Gasteiger partial charge < -0.3 is 5.32 Å². The van der Waals surface area contributed by atoms with Gasteiger partial charge in [-0.05, 0) is 93.9 Å². The van der Waals surface area contributed by atoms with Gasteiger partial charge in [-0.3, -0.25) is 4.79 Å². The van der Waals surface area contributed by atoms with Crippen LogP contribution in [0.5, 0.6) is 0 Å². The number of halogens is 3. The summed E-state index contributed by atoms with van der Waals surface area (Å²) in [5, 5.41) is 3.09. The van der Waals surface area contributed by atoms with Crippen molar-refractivity contribution in [1.29, 1.82) is 0 Å². The van der Waals surface area contributed by atoms with E-state index in [0.29, 0.717) is 11.8 Å². The molecule has 0 heterocycles. The monoisotopic (exact) mass is 444 g/mol. The van der Waals surface area contributed by atoms with Gasteiger partial charge in [0.1, 0.15) is 5.54 Å². The predicted molar refractivity (Wildman–Crippen MR) is 105 cm³/mol. The Hall–Kier alpha value is -1.61. The first-order chi connectivity index (χ1) is 13.8. The van der Waals surface area contributed by atoms with Crippen molar-refractivity contribution in [2.45, 2.75) is 68.6 Å². The molecule has 0 radical (unpaired) electrons. The number of amides is 1. The molecule has 4 aliphatic rings. The van der Waals surface area contributed by atoms with E-state index in [4.69, 9.17) is 0 Å². The van der Waals surface area contributed by atoms with Crippen molar-refractivity contribution in [3.8, 4) is 0 Å². The highest BCUT2D eigenvalue weighted by Crippen LogP contribution is 2.53. The minimum atomic E-state index is -4.55. The maximum atomic E-state index is 13.0. The van der Waals surface area contributed by atoms with Crippen LogP contribution in [0.1, 0.15) is 51.5 Å². The molecule has 5 rings (SSSR count). The summed E-state index contributed by atoms with van der Waals surface area (Å²) in [4.78, 5) is 12.7. The van der Waals surface area contributed by atoms with Gasteiger partial charge in [-0.2, -0.15) is 17.9 Å². The van der Waals surface area contributed by atoms with Crippen LogP contribution in [0.4, 0.5) is 13.2 Å². The summed E-state index contributed by atoms with van der Waals surface area (Å²) in [6.07, 6.45) is 1.23. The quantitative estimate of drug-likeness (QED) is 0.727. The Kier molecular flexibility index (Phi) is 5.20. The Morgan fingerprint density at radius 1 is 0.933 bits per heavy atom. The molecule has 0 spiro atoms. The van der Waals surface area contributed by atoms with Gasteiger partial charge in [0.2, 0.25) is 15.9 Å². The van der Waals surface area contributed by atoms with E-state index < -0.39 is 33.2 Å². The van der Waals surface area contributed by atoms with Crippen LogP contribution in [-0.2, 0) is 21.0 Å². The number of alkyl halides is 3. The molecule has 0 aromatic heterocycles. The maximum absolute atomic E-state index is 13.0. The number of benzene rings is 1. The number of carbonyl (C=O) groups excluding carboxylic acids is 1. The molecule has 4 saturated carbocycles. The number of hydrogen-bond donors (Lipinski definition) is 2. The second-order valence-electron chi connectivity index (χ2n) is 9.68. The average Bonchev–Trinajstić information content (AvgIpc) is 2.62. The molecule has 4 aliphatic carbocycles. The summed E-state index contributed by atoms with van der Waals surface area (Å²) in [5.74, 6) is 2.01. The van der Waals surface area contributed by atoms with Gasteiger partial charge >= 0.3 is 6.18 Å². The number of rotatable bonds is 5. The van der Waals surface area contributed by atoms with Crippen molar-refractivity contribution in [1.82, 2.24) is 10.0 Å². The summed E-state index contributed by atoms with van der Waals surface area (Å²) < 4.78 is 65.9. The molecule has 1 aromatic carbocycles. The van der Waals surface area contributed by atoms with Gasteiger partial charge in [0.05, 0.1) is 10.5 Å². The van der Waals surface area contributed by atoms with Crippen LogP contribution >= 0.6 is 0 Å². The van der Waals surface area contributed by atoms with Crippen LogP contribution in [0.25, 0.3) is 0 Å². The molecule has 4 fully saturated rings. The van der Waals surface area contributed by atoms with Crippen molar-refractivity contribution >= 4 is 15.9 Å². The standard InChI is InChI=1S/C21H27F3N2O3S/c1-20(2,26-30(28,29)17-5-3-16(4-6-17)21(22,23)24)19(27)25-18-14-8-12-7-13(10-14)11-15(18)9-12/h3-6,12-15,18,26H,7-11H2,1-2H3,(H,25,27). The van der Waals surface area contributed by atoms with Crippen LogP contribution in [0, 0.1) is 23.7 Å². The first kappa shape index (κ1) is 21.6. The third kappa shape index (κ3) is 4.10. The lowest BCUT2D eigenvalue weighted by atomic mass is 9.54. The molecule has 1 aromatic rings. The Morgan fingerprint density at radius 2 is 1.43 bits per heavy atom. The second kappa shape index (κ2) is 7.22. The van der Waals surface area contributed by atoms with Crippen LogP contribution in [0.15, 0.2) is 29.2 Å². The fraction of sp³-hybridized carbons (Fsp3) is 0.667. The first-order valence-corrected chi connectivity index (χ1v) is 11.9. The zero-order valence-electron chi connectivity index (χ0n) is 17.0. The number of carbonyl (C=O) groups is 1. The molecule has 2 N–H and O–H groups in total. The largest absolute Gasteiger partial charge is 0.416 e. The van der Waals surface area contributed by atoms with Crippen LogP contribution in [0.3, 0.4) is 0 Å². The second-order valence-corrected chi connectivity index (χ2v) is 11.4. The van der Waals surface area contributed by atoms with E-state index in [1.807, 2.05) is 0 Å². The number of hydrogen-bond acceptors (Lipinski definition) is 3. The zero-order chi connectivity index (χ0) is 21.9. The minimum absolute atomic E-state index is 0.0696. The molecule has 0 aliphatic heterocycles. The Morgan fingerprint density at radius 3 is 1.90 bits per heavy atom. The highest BCUT2D eigenvalue weighted by atomic mass is 32.2. The molecule has 5 nitrogen and oxygen atoms in total. The Balaban J connectivity index is 1.44. The molecule has 0 saturated heterocycles. The van der Waals surface area contributed by atoms with E-state index in [1.165, 1.54) is 20.3 Å². The molecule has 9 heteroatoms. The van der Waals surface area contributed by atoms with E-state index in [1.54, 1.807) is 0 Å².